The highest BCUT2D eigenvalue weighted by Crippen LogP contribution is 2.16. The molecule has 0 N–H and O–H groups in total. The quantitative estimate of drug-likeness (QED) is 0.607. The summed E-state index contributed by atoms with van der Waals surface area (Å²) in [6.07, 6.45) is 1.39. The molecule has 1 aliphatic heterocycles. The first-order valence-corrected chi connectivity index (χ1v) is 7.21. The van der Waals surface area contributed by atoms with Gasteiger partial charge in [-0.15, -0.1) is 4.40 Å². The van der Waals surface area contributed by atoms with Crippen molar-refractivity contribution in [3.8, 4) is 0 Å². The average molecular weight is 268 g/mol. The number of benzene rings is 1. The number of aryl methyl sites for hydroxylation is 1. The van der Waals surface area contributed by atoms with Gasteiger partial charge in [0.2, 0.25) is 0 Å². The molecule has 1 aromatic rings. The molecule has 5 nitrogen and oxygen atoms in total. The molecule has 6 heteroatoms. The Morgan fingerprint density at radius 3 is 2.61 bits per heavy atom. The molecule has 2 rings (SSSR count). The molecule has 0 bridgehead atoms. The van der Waals surface area contributed by atoms with Crippen LogP contribution in [-0.2, 0) is 14.8 Å². The first-order valence-electron chi connectivity index (χ1n) is 5.77. The average Bonchev–Trinajstić information content (AvgIpc) is 2.38. The molecule has 98 valence electrons. The second-order valence-corrected chi connectivity index (χ2v) is 5.71. The van der Waals surface area contributed by atoms with E-state index >= 15 is 0 Å². The maximum atomic E-state index is 12.0. The van der Waals surface area contributed by atoms with Crippen LogP contribution in [0.3, 0.4) is 0 Å². The Morgan fingerprint density at radius 2 is 1.94 bits per heavy atom. The number of ether oxygens (including phenoxy) is 1. The highest BCUT2D eigenvalue weighted by atomic mass is 32.2. The van der Waals surface area contributed by atoms with Crippen molar-refractivity contribution >= 4 is 16.4 Å². The summed E-state index contributed by atoms with van der Waals surface area (Å²) in [5.74, 6) is 0. The van der Waals surface area contributed by atoms with Crippen molar-refractivity contribution in [1.29, 1.82) is 0 Å². The molecule has 18 heavy (non-hydrogen) atoms. The molecule has 0 aliphatic carbocycles. The lowest BCUT2D eigenvalue weighted by Crippen LogP contribution is -2.35. The zero-order chi connectivity index (χ0) is 13.0. The van der Waals surface area contributed by atoms with Gasteiger partial charge in [0, 0.05) is 13.1 Å². The fourth-order valence-corrected chi connectivity index (χ4v) is 2.82. The normalized spacial score (nSPS) is 17.3. The Labute approximate surface area is 107 Å². The number of hydrogen-bond donors (Lipinski definition) is 0. The smallest absolute Gasteiger partial charge is 0.283 e. The number of hydrogen-bond acceptors (Lipinski definition) is 3. The topological polar surface area (TPSA) is 59.0 Å². The Bertz CT molecular complexity index is 534. The van der Waals surface area contributed by atoms with Gasteiger partial charge in [-0.1, -0.05) is 18.2 Å². The molecule has 0 saturated carbocycles. The zero-order valence-corrected chi connectivity index (χ0v) is 11.1. The molecule has 1 fully saturated rings. The SMILES string of the molecule is Cc1ccccc1S(=O)(=O)/N=C/N1CCOCC1. The molecule has 0 amide bonds. The minimum absolute atomic E-state index is 0.259. The second kappa shape index (κ2) is 5.49. The summed E-state index contributed by atoms with van der Waals surface area (Å²) < 4.78 is 33.0. The van der Waals surface area contributed by atoms with Gasteiger partial charge < -0.3 is 9.64 Å². The van der Waals surface area contributed by atoms with E-state index in [4.69, 9.17) is 4.74 Å². The zero-order valence-electron chi connectivity index (χ0n) is 10.2. The number of rotatable bonds is 3. The predicted molar refractivity (Wildman–Crippen MR) is 69.2 cm³/mol. The highest BCUT2D eigenvalue weighted by molar-refractivity contribution is 7.90. The molecular formula is C12H16N2O3S. The van der Waals surface area contributed by atoms with Crippen LogP contribution in [0.4, 0.5) is 0 Å². The number of sulfonamides is 1. The molecule has 0 spiro atoms. The Hall–Kier alpha value is -1.40. The molecule has 0 radical (unpaired) electrons. The number of morpholine rings is 1. The lowest BCUT2D eigenvalue weighted by Gasteiger charge is -2.23. The summed E-state index contributed by atoms with van der Waals surface area (Å²) in [7, 11) is -3.60. The molecule has 0 atom stereocenters. The lowest BCUT2D eigenvalue weighted by atomic mass is 10.2. The molecule has 1 saturated heterocycles. The molecule has 1 aliphatic rings. The van der Waals surface area contributed by atoms with Gasteiger partial charge in [-0.05, 0) is 18.6 Å². The molecular weight excluding hydrogens is 252 g/mol. The summed E-state index contributed by atoms with van der Waals surface area (Å²) >= 11 is 0. The Morgan fingerprint density at radius 1 is 1.28 bits per heavy atom. The largest absolute Gasteiger partial charge is 0.378 e. The van der Waals surface area contributed by atoms with Crippen LogP contribution in [0.2, 0.25) is 0 Å². The van der Waals surface area contributed by atoms with Crippen LogP contribution in [0.15, 0.2) is 33.6 Å². The van der Waals surface area contributed by atoms with Gasteiger partial charge in [0.25, 0.3) is 10.0 Å². The first kappa shape index (κ1) is 13.0. The predicted octanol–water partition coefficient (Wildman–Crippen LogP) is 1.04. The summed E-state index contributed by atoms with van der Waals surface area (Å²) in [6, 6.07) is 6.84. The molecule has 1 aromatic carbocycles. The van der Waals surface area contributed by atoms with Crippen LogP contribution in [-0.4, -0.2) is 46.0 Å². The van der Waals surface area contributed by atoms with Crippen LogP contribution < -0.4 is 0 Å². The van der Waals surface area contributed by atoms with Gasteiger partial charge >= 0.3 is 0 Å². The fraction of sp³-hybridized carbons (Fsp3) is 0.417. The monoisotopic (exact) mass is 268 g/mol. The van der Waals surface area contributed by atoms with Crippen molar-refractivity contribution in [3.63, 3.8) is 0 Å². The number of nitrogens with zero attached hydrogens (tertiary/aromatic N) is 2. The van der Waals surface area contributed by atoms with E-state index < -0.39 is 10.0 Å². The van der Waals surface area contributed by atoms with E-state index in [0.717, 1.165) is 0 Å². The van der Waals surface area contributed by atoms with Crippen molar-refractivity contribution in [2.24, 2.45) is 4.40 Å². The van der Waals surface area contributed by atoms with E-state index in [2.05, 4.69) is 4.40 Å². The first-order chi connectivity index (χ1) is 8.59. The highest BCUT2D eigenvalue weighted by Gasteiger charge is 2.15. The summed E-state index contributed by atoms with van der Waals surface area (Å²) in [6.45, 7) is 4.32. The van der Waals surface area contributed by atoms with Gasteiger partial charge in [-0.3, -0.25) is 0 Å². The van der Waals surface area contributed by atoms with Gasteiger partial charge in [0.15, 0.2) is 0 Å². The standard InChI is InChI=1S/C12H16N2O3S/c1-11-4-2-3-5-12(11)18(15,16)13-10-14-6-8-17-9-7-14/h2-5,10H,6-9H2,1H3/b13-10+. The summed E-state index contributed by atoms with van der Waals surface area (Å²) in [5.41, 5.74) is 0.705. The minimum Gasteiger partial charge on any atom is -0.378 e. The third-order valence-electron chi connectivity index (χ3n) is 2.77. The third kappa shape index (κ3) is 3.08. The third-order valence-corrected chi connectivity index (χ3v) is 4.15. The van der Waals surface area contributed by atoms with E-state index in [9.17, 15) is 8.42 Å². The van der Waals surface area contributed by atoms with Crippen LogP contribution in [0, 0.1) is 6.92 Å². The van der Waals surface area contributed by atoms with E-state index in [-0.39, 0.29) is 4.90 Å². The van der Waals surface area contributed by atoms with Crippen LogP contribution in [0.5, 0.6) is 0 Å². The van der Waals surface area contributed by atoms with E-state index in [1.807, 2.05) is 4.90 Å². The summed E-state index contributed by atoms with van der Waals surface area (Å²) in [4.78, 5) is 2.11. The van der Waals surface area contributed by atoms with Gasteiger partial charge in [0.05, 0.1) is 18.1 Å². The Kier molecular flexibility index (Phi) is 3.98. The van der Waals surface area contributed by atoms with Crippen molar-refractivity contribution in [3.05, 3.63) is 29.8 Å². The van der Waals surface area contributed by atoms with E-state index in [1.54, 1.807) is 31.2 Å². The van der Waals surface area contributed by atoms with Crippen molar-refractivity contribution < 1.29 is 13.2 Å². The van der Waals surface area contributed by atoms with Crippen molar-refractivity contribution in [2.45, 2.75) is 11.8 Å². The van der Waals surface area contributed by atoms with Crippen LogP contribution >= 0.6 is 0 Å². The van der Waals surface area contributed by atoms with Crippen LogP contribution in [0.25, 0.3) is 0 Å². The van der Waals surface area contributed by atoms with Gasteiger partial charge in [-0.2, -0.15) is 8.42 Å². The van der Waals surface area contributed by atoms with Gasteiger partial charge in [-0.25, -0.2) is 0 Å². The maximum absolute atomic E-state index is 12.0. The fourth-order valence-electron chi connectivity index (χ4n) is 1.72. The van der Waals surface area contributed by atoms with Gasteiger partial charge in [0.1, 0.15) is 6.34 Å². The maximum Gasteiger partial charge on any atom is 0.283 e. The molecule has 0 aromatic heterocycles. The summed E-state index contributed by atoms with van der Waals surface area (Å²) in [5, 5.41) is 0. The molecule has 0 unspecified atom stereocenters. The second-order valence-electron chi connectivity index (χ2n) is 4.11. The lowest BCUT2D eigenvalue weighted by molar-refractivity contribution is 0.0701. The Balaban J connectivity index is 2.17. The minimum atomic E-state index is -3.60. The van der Waals surface area contributed by atoms with E-state index in [1.165, 1.54) is 6.34 Å². The van der Waals surface area contributed by atoms with Crippen LogP contribution in [0.1, 0.15) is 5.56 Å². The van der Waals surface area contributed by atoms with E-state index in [0.29, 0.717) is 31.9 Å². The van der Waals surface area contributed by atoms with Crippen molar-refractivity contribution in [2.75, 3.05) is 26.3 Å². The van der Waals surface area contributed by atoms with Crippen molar-refractivity contribution in [1.82, 2.24) is 4.90 Å². The molecule has 1 heterocycles.